The van der Waals surface area contributed by atoms with Crippen LogP contribution in [0, 0.1) is 0 Å². The van der Waals surface area contributed by atoms with E-state index in [9.17, 15) is 0 Å². The highest BCUT2D eigenvalue weighted by atomic mass is 15.0. The summed E-state index contributed by atoms with van der Waals surface area (Å²) in [6.45, 7) is 52.0. The van der Waals surface area contributed by atoms with E-state index in [0.717, 1.165) is 78.5 Å². The van der Waals surface area contributed by atoms with Crippen LogP contribution in [0.15, 0.2) is 366 Å². The first-order chi connectivity index (χ1) is 64.5. The Balaban J connectivity index is 0.529. The van der Waals surface area contributed by atoms with Crippen molar-refractivity contribution in [3.63, 3.8) is 0 Å². The Kier molecular flexibility index (Phi) is 28.9. The summed E-state index contributed by atoms with van der Waals surface area (Å²) in [5.41, 5.74) is 39.2. The van der Waals surface area contributed by atoms with E-state index >= 15 is 0 Å². The minimum Gasteiger partial charge on any atom is -0.339 e. The minimum atomic E-state index is 0.0898. The number of nitrogens with two attached hydrogens (primary N) is 3. The fraction of sp³-hybridized carbons (Fsp3) is 0.286. The molecule has 9 heteroatoms. The molecule has 0 atom stereocenters. The Hall–Kier alpha value is -13.0. The lowest BCUT2D eigenvalue weighted by molar-refractivity contribution is -0.688. The monoisotopic (exact) mass is 1780 g/mol. The number of hydrogen-bond acceptors (Lipinski definition) is 0. The summed E-state index contributed by atoms with van der Waals surface area (Å²) in [6, 6.07) is 111. The van der Waals surface area contributed by atoms with Gasteiger partial charge >= 0.3 is 0 Å². The van der Waals surface area contributed by atoms with Crippen molar-refractivity contribution >= 4 is 0 Å². The first-order valence-corrected chi connectivity index (χ1v) is 49.0. The van der Waals surface area contributed by atoms with Crippen molar-refractivity contribution in [3.05, 3.63) is 466 Å². The first kappa shape index (κ1) is 95.1. The molecule has 0 aliphatic heterocycles. The van der Waals surface area contributed by atoms with Gasteiger partial charge in [0.15, 0.2) is 114 Å². The summed E-state index contributed by atoms with van der Waals surface area (Å²) in [7, 11) is 0. The molecule has 10 aromatic carbocycles. The molecular weight excluding hydrogens is 1640 g/mol. The Morgan fingerprint density at radius 2 is 0.274 bits per heavy atom. The van der Waals surface area contributed by atoms with E-state index in [1.54, 1.807) is 0 Å². The molecular formula is C126H144N9+9. The second-order valence-corrected chi connectivity index (χ2v) is 44.2. The quantitative estimate of drug-likeness (QED) is 0.0376. The summed E-state index contributed by atoms with van der Waals surface area (Å²) in [5, 5.41) is 7.25. The lowest BCUT2D eigenvalue weighted by atomic mass is 9.79. The summed E-state index contributed by atoms with van der Waals surface area (Å²) in [5.74, 6) is 0. The van der Waals surface area contributed by atoms with Gasteiger partial charge in [0.2, 0.25) is 0 Å². The summed E-state index contributed by atoms with van der Waals surface area (Å²) in [6.07, 6.45) is 26.5. The molecule has 0 spiro atoms. The van der Waals surface area contributed by atoms with Crippen LogP contribution in [0.25, 0.3) is 66.8 Å². The van der Waals surface area contributed by atoms with Gasteiger partial charge in [-0.1, -0.05) is 288 Å². The SMILES string of the molecule is CC(C)(C)c1cc(C[n+]2ccc(-c3cc[n+](Cc4ccc(C[NH2+]Cc5ccc(-c6cc(-c7ccc(C[NH2+]Cc8ccc(C[n+]9ccc(-c%10cc[n+](Cc%11cc(C(C)(C)C)cc(C(C)(C)C)c%11)cc%10)cc9)cc8)cc7)cc(-c7ccc(C[NH2+]Cc8ccc(C[n+]9ccc(-c%10cc[n+](Cc%11cc(C(C)(C)C)cc(C(C)(C)C)c%11)cc%10)cc9)cc8)cc7)c6)cc5)cc4)cc3)cc2)cc(C(C)(C)C)c1. The fourth-order valence-corrected chi connectivity index (χ4v) is 17.9. The van der Waals surface area contributed by atoms with E-state index in [2.05, 4.69) is 534 Å². The number of nitrogens with zero attached hydrogens (tertiary/aromatic N) is 6. The largest absolute Gasteiger partial charge is 0.339 e. The Labute approximate surface area is 806 Å². The molecule has 6 aromatic heterocycles. The molecule has 0 aliphatic carbocycles. The molecule has 0 aliphatic rings. The second-order valence-electron chi connectivity index (χ2n) is 44.2. The fourth-order valence-electron chi connectivity index (χ4n) is 17.9. The molecule has 135 heavy (non-hydrogen) atoms. The third-order valence-electron chi connectivity index (χ3n) is 26.9. The van der Waals surface area contributed by atoms with Crippen LogP contribution >= 0.6 is 0 Å². The van der Waals surface area contributed by atoms with Crippen molar-refractivity contribution in [2.45, 2.75) is 236 Å². The molecule has 6 N–H and O–H groups in total. The van der Waals surface area contributed by atoms with Crippen LogP contribution in [-0.2, 0) is 111 Å². The van der Waals surface area contributed by atoms with Gasteiger partial charge in [0.05, 0.1) is 0 Å². The molecule has 684 valence electrons. The summed E-state index contributed by atoms with van der Waals surface area (Å²) >= 11 is 0. The van der Waals surface area contributed by atoms with Crippen LogP contribution in [0.4, 0.5) is 0 Å². The van der Waals surface area contributed by atoms with Crippen molar-refractivity contribution < 1.29 is 43.4 Å². The molecule has 0 radical (unpaired) electrons. The zero-order valence-corrected chi connectivity index (χ0v) is 83.5. The summed E-state index contributed by atoms with van der Waals surface area (Å²) in [4.78, 5) is 0. The molecule has 0 saturated carbocycles. The maximum atomic E-state index is 2.42. The lowest BCUT2D eigenvalue weighted by Crippen LogP contribution is -2.80. The first-order valence-electron chi connectivity index (χ1n) is 49.0. The Morgan fingerprint density at radius 1 is 0.141 bits per heavy atom. The molecule has 0 saturated heterocycles. The van der Waals surface area contributed by atoms with Crippen LogP contribution in [0.2, 0.25) is 0 Å². The Bertz CT molecular complexity index is 5900. The maximum Gasteiger partial charge on any atom is 0.173 e. The number of hydrogen-bond donors (Lipinski definition) is 3. The van der Waals surface area contributed by atoms with E-state index in [0.29, 0.717) is 0 Å². The molecule has 0 amide bonds. The van der Waals surface area contributed by atoms with Gasteiger partial charge in [-0.3, -0.25) is 0 Å². The van der Waals surface area contributed by atoms with Crippen molar-refractivity contribution in [1.29, 1.82) is 0 Å². The topological polar surface area (TPSA) is 73.1 Å². The highest BCUT2D eigenvalue weighted by Crippen LogP contribution is 2.38. The number of rotatable bonds is 30. The van der Waals surface area contributed by atoms with E-state index in [-0.39, 0.29) is 32.5 Å². The molecule has 6 heterocycles. The van der Waals surface area contributed by atoms with Crippen LogP contribution in [0.1, 0.15) is 225 Å². The van der Waals surface area contributed by atoms with Gasteiger partial charge in [-0.2, -0.15) is 0 Å². The summed E-state index contributed by atoms with van der Waals surface area (Å²) < 4.78 is 13.7. The maximum absolute atomic E-state index is 2.42. The van der Waals surface area contributed by atoms with Crippen molar-refractivity contribution in [1.82, 2.24) is 0 Å². The second kappa shape index (κ2) is 41.0. The third-order valence-corrected chi connectivity index (χ3v) is 26.9. The van der Waals surface area contributed by atoms with Gasteiger partial charge in [-0.05, 0) is 187 Å². The lowest BCUT2D eigenvalue weighted by Gasteiger charge is -2.25. The molecule has 0 bridgehead atoms. The predicted octanol–water partition coefficient (Wildman–Crippen LogP) is 22.3. The molecule has 16 rings (SSSR count). The van der Waals surface area contributed by atoms with Crippen LogP contribution < -0.4 is 43.4 Å². The van der Waals surface area contributed by atoms with Gasteiger partial charge in [-0.15, -0.1) is 0 Å². The Morgan fingerprint density at radius 3 is 0.430 bits per heavy atom. The zero-order valence-electron chi connectivity index (χ0n) is 83.5. The van der Waals surface area contributed by atoms with E-state index in [1.807, 2.05) is 0 Å². The minimum absolute atomic E-state index is 0.0898. The number of pyridine rings is 6. The standard InChI is InChI=1S/C126H141N9/c1-121(2,3)115-67-100(68-116(76-115)122(4,5)6)88-133-61-49-109(50-62-133)106-43-55-130(56-44-106)85-97-25-19-91(20-26-97)79-127-82-94-31-37-103(38-32-94)112-73-113(104-39-33-95(34-40-104)83-128-80-92-21-27-98(28-22-92)86-131-57-45-107(46-58-131)110-51-63-134(64-52-110)89-101-69-117(123(7,8)9)77-118(70-101)124(10,11)12)75-114(74-112)105-41-35-96(36-42-105)84-129-81-93-23-29-99(30-24-93)87-132-59-47-108(48-60-132)111-53-65-135(66-54-111)90-102-71-119(125(13,14)15)78-120(72-102)126(16,17)18/h19-78,127-129H,79-90H2,1-18H3/q+6/p+3. The number of aromatic nitrogens is 6. The average molecular weight is 1780 g/mol. The smallest absolute Gasteiger partial charge is 0.173 e. The molecule has 0 fully saturated rings. The van der Waals surface area contributed by atoms with Crippen LogP contribution in [0.5, 0.6) is 0 Å². The van der Waals surface area contributed by atoms with Crippen molar-refractivity contribution in [2.24, 2.45) is 0 Å². The zero-order chi connectivity index (χ0) is 94.8. The van der Waals surface area contributed by atoms with E-state index < -0.39 is 0 Å². The molecule has 16 aromatic rings. The van der Waals surface area contributed by atoms with Crippen molar-refractivity contribution in [3.8, 4) is 66.8 Å². The molecule has 0 unspecified atom stereocenters. The van der Waals surface area contributed by atoms with Crippen molar-refractivity contribution in [2.75, 3.05) is 0 Å². The highest BCUT2D eigenvalue weighted by molar-refractivity contribution is 5.81. The van der Waals surface area contributed by atoms with Gasteiger partial charge < -0.3 is 16.0 Å². The number of quaternary nitrogens is 3. The van der Waals surface area contributed by atoms with Gasteiger partial charge in [0, 0.05) is 140 Å². The highest BCUT2D eigenvalue weighted by Gasteiger charge is 2.27. The van der Waals surface area contributed by atoms with Crippen LogP contribution in [-0.4, -0.2) is 0 Å². The van der Waals surface area contributed by atoms with Gasteiger partial charge in [-0.25, -0.2) is 27.4 Å². The van der Waals surface area contributed by atoms with E-state index in [4.69, 9.17) is 0 Å². The molecule has 9 nitrogen and oxygen atoms in total. The normalized spacial score (nSPS) is 12.2. The van der Waals surface area contributed by atoms with Crippen LogP contribution in [0.3, 0.4) is 0 Å². The van der Waals surface area contributed by atoms with Gasteiger partial charge in [0.25, 0.3) is 0 Å². The third kappa shape index (κ3) is 25.9. The number of benzene rings is 10. The average Bonchev–Trinajstić information content (AvgIpc) is 0.796. The van der Waals surface area contributed by atoms with E-state index in [1.165, 1.54) is 167 Å². The van der Waals surface area contributed by atoms with Gasteiger partial charge in [0.1, 0.15) is 39.3 Å². The predicted molar refractivity (Wildman–Crippen MR) is 553 cm³/mol.